The lowest BCUT2D eigenvalue weighted by atomic mass is 9.86. The summed E-state index contributed by atoms with van der Waals surface area (Å²) in [7, 11) is 0. The molecule has 5 N–H and O–H groups in total. The third-order valence-corrected chi connectivity index (χ3v) is 11.1. The van der Waals surface area contributed by atoms with E-state index in [1.165, 1.54) is 28.6 Å². The van der Waals surface area contributed by atoms with Gasteiger partial charge >= 0.3 is 6.09 Å². The van der Waals surface area contributed by atoms with Crippen LogP contribution in [0.4, 0.5) is 19.9 Å². The molecular weight excluding hydrogens is 717 g/mol. The van der Waals surface area contributed by atoms with E-state index in [4.69, 9.17) is 4.74 Å². The molecule has 2 bridgehead atoms. The van der Waals surface area contributed by atoms with Crippen LogP contribution in [0.25, 0.3) is 32.9 Å². The highest BCUT2D eigenvalue weighted by Gasteiger charge is 2.36. The van der Waals surface area contributed by atoms with Gasteiger partial charge in [0, 0.05) is 54.9 Å². The lowest BCUT2D eigenvalue weighted by molar-refractivity contribution is -0.0289. The van der Waals surface area contributed by atoms with Gasteiger partial charge in [0.2, 0.25) is 5.56 Å². The molecule has 0 spiro atoms. The average molecular weight is 766 g/mol. The fraction of sp³-hybridized carbons (Fsp3) is 0.318. The number of phenols is 1. The van der Waals surface area contributed by atoms with Crippen LogP contribution in [0.2, 0.25) is 0 Å². The molecule has 3 aliphatic rings. The summed E-state index contributed by atoms with van der Waals surface area (Å²) in [5.41, 5.74) is 6.96. The van der Waals surface area contributed by atoms with E-state index in [-0.39, 0.29) is 32.9 Å². The van der Waals surface area contributed by atoms with Gasteiger partial charge in [0.05, 0.1) is 17.3 Å². The van der Waals surface area contributed by atoms with Crippen LogP contribution in [0.5, 0.6) is 5.75 Å². The first-order valence-electron chi connectivity index (χ1n) is 19.1. The second-order valence-corrected chi connectivity index (χ2v) is 14.7. The molecule has 2 atom stereocenters. The predicted octanol–water partition coefficient (Wildman–Crippen LogP) is 7.65. The van der Waals surface area contributed by atoms with Crippen LogP contribution in [-0.4, -0.2) is 63.0 Å². The number of aliphatic hydroxyl groups is 1. The molecule has 1 amide bonds. The quantitative estimate of drug-likeness (QED) is 0.0764. The van der Waals surface area contributed by atoms with E-state index < -0.39 is 6.10 Å². The van der Waals surface area contributed by atoms with Gasteiger partial charge in [0.15, 0.2) is 0 Å². The third kappa shape index (κ3) is 8.94. The zero-order valence-corrected chi connectivity index (χ0v) is 31.2. The third-order valence-electron chi connectivity index (χ3n) is 11.1. The number of piperidine rings is 3. The van der Waals surface area contributed by atoms with Gasteiger partial charge in [-0.1, -0.05) is 54.6 Å². The number of halogens is 2. The minimum Gasteiger partial charge on any atom is -0.506 e. The molecule has 5 heterocycles. The minimum absolute atomic E-state index is 0. The van der Waals surface area contributed by atoms with Crippen molar-refractivity contribution in [2.75, 3.05) is 31.5 Å². The molecule has 0 saturated carbocycles. The molecule has 0 radical (unpaired) electrons. The van der Waals surface area contributed by atoms with Gasteiger partial charge in [-0.05, 0) is 115 Å². The van der Waals surface area contributed by atoms with Crippen LogP contribution in [-0.2, 0) is 24.2 Å². The lowest BCUT2D eigenvalue weighted by Gasteiger charge is -2.43. The number of amides is 1. The van der Waals surface area contributed by atoms with E-state index in [9.17, 15) is 19.8 Å². The number of rotatable bonds is 13. The number of anilines is 1. The van der Waals surface area contributed by atoms with Gasteiger partial charge < -0.3 is 29.8 Å². The zero-order valence-electron chi connectivity index (χ0n) is 31.2. The smallest absolute Gasteiger partial charge is 0.411 e. The molecule has 2 aromatic heterocycles. The van der Waals surface area contributed by atoms with Gasteiger partial charge in [-0.3, -0.25) is 24.4 Å². The van der Waals surface area contributed by atoms with Crippen molar-refractivity contribution < 1.29 is 29.2 Å². The molecule has 3 fully saturated rings. The van der Waals surface area contributed by atoms with Crippen LogP contribution in [0, 0.1) is 5.92 Å². The number of aromatic nitrogens is 2. The Bertz CT molecular complexity index is 2320. The topological polar surface area (TPSA) is 132 Å². The Morgan fingerprint density at radius 1 is 0.911 bits per heavy atom. The van der Waals surface area contributed by atoms with Crippen molar-refractivity contribution in [1.29, 1.82) is 0 Å². The number of aliphatic hydroxyl groups excluding tert-OH is 1. The summed E-state index contributed by atoms with van der Waals surface area (Å²) in [6.45, 7) is 4.84. The maximum absolute atomic E-state index is 13.2. The largest absolute Gasteiger partial charge is 0.506 e. The average Bonchev–Trinajstić information content (AvgIpc) is 3.59. The van der Waals surface area contributed by atoms with Gasteiger partial charge in [0.25, 0.3) is 0 Å². The summed E-state index contributed by atoms with van der Waals surface area (Å²) in [6, 6.07) is 31.3. The number of phenolic OH excluding ortho intramolecular Hbond substituents is 1. The maximum atomic E-state index is 13.2. The Hall–Kier alpha value is -5.56. The van der Waals surface area contributed by atoms with Crippen LogP contribution in [0.1, 0.15) is 48.5 Å². The van der Waals surface area contributed by atoms with E-state index in [0.29, 0.717) is 35.5 Å². The van der Waals surface area contributed by atoms with Crippen LogP contribution in [0.3, 0.4) is 0 Å². The van der Waals surface area contributed by atoms with Crippen LogP contribution >= 0.6 is 0 Å². The number of aromatic amines is 1. The number of fused-ring (bicyclic) bond motifs is 5. The van der Waals surface area contributed by atoms with Crippen molar-refractivity contribution in [3.05, 3.63) is 130 Å². The standard InChI is InChI=1S/C44H47N5O5.2FH/c50-39-15-12-35(36-13-16-42(52)47-43(36)39)40(51)27-45-26-30-10-14-38-33(24-30)19-23-49(38)20-5-4-6-29-9-11-34(31-7-2-1-3-8-31)37(25-29)46-44(53)54-41-28-48-21-17-32(41)18-22-48;;/h1-3,7-16,19,23-25,32,40-41,45,50-51H,4-6,17-18,20-22,26-28H2,(H,46,53)(H,47,52);2*1H/t40-,41-;;/m0../s1. The van der Waals surface area contributed by atoms with Crippen molar-refractivity contribution >= 4 is 33.6 Å². The molecule has 56 heavy (non-hydrogen) atoms. The molecule has 294 valence electrons. The highest BCUT2D eigenvalue weighted by Crippen LogP contribution is 2.33. The lowest BCUT2D eigenvalue weighted by Crippen LogP contribution is -2.52. The summed E-state index contributed by atoms with van der Waals surface area (Å²) in [6.07, 6.45) is 6.02. The molecule has 3 aliphatic heterocycles. The minimum atomic E-state index is -0.815. The second kappa shape index (κ2) is 17.9. The number of unbranched alkanes of at least 4 members (excludes halogenated alkanes) is 1. The summed E-state index contributed by atoms with van der Waals surface area (Å²) >= 11 is 0. The fourth-order valence-corrected chi connectivity index (χ4v) is 8.22. The maximum Gasteiger partial charge on any atom is 0.411 e. The number of ether oxygens (including phenoxy) is 1. The summed E-state index contributed by atoms with van der Waals surface area (Å²) in [5.74, 6) is 0.431. The Balaban J connectivity index is 0.00000266. The number of pyridine rings is 1. The normalized spacial score (nSPS) is 17.9. The number of hydrogen-bond donors (Lipinski definition) is 5. The van der Waals surface area contributed by atoms with Crippen molar-refractivity contribution in [2.24, 2.45) is 5.92 Å². The van der Waals surface area contributed by atoms with Crippen molar-refractivity contribution in [1.82, 2.24) is 19.8 Å². The second-order valence-electron chi connectivity index (χ2n) is 14.7. The molecule has 0 unspecified atom stereocenters. The monoisotopic (exact) mass is 765 g/mol. The van der Waals surface area contributed by atoms with E-state index in [1.807, 2.05) is 18.2 Å². The zero-order chi connectivity index (χ0) is 37.0. The molecule has 9 rings (SSSR count). The number of hydrogen-bond acceptors (Lipinski definition) is 7. The van der Waals surface area contributed by atoms with Gasteiger partial charge in [-0.15, -0.1) is 0 Å². The Morgan fingerprint density at radius 3 is 2.50 bits per heavy atom. The first kappa shape index (κ1) is 40.1. The summed E-state index contributed by atoms with van der Waals surface area (Å²) < 4.78 is 8.28. The number of H-pyrrole nitrogens is 1. The molecule has 4 aromatic carbocycles. The van der Waals surface area contributed by atoms with Crippen molar-refractivity contribution in [2.45, 2.75) is 57.4 Å². The van der Waals surface area contributed by atoms with Crippen LogP contribution < -0.4 is 16.2 Å². The molecular formula is C44H49F2N5O5. The first-order valence-corrected chi connectivity index (χ1v) is 19.1. The number of carbonyl (C=O) groups excluding carboxylic acids is 1. The van der Waals surface area contributed by atoms with Crippen molar-refractivity contribution in [3.63, 3.8) is 0 Å². The number of nitrogens with one attached hydrogen (secondary N) is 3. The Labute approximate surface area is 323 Å². The van der Waals surface area contributed by atoms with Crippen LogP contribution in [0.15, 0.2) is 108 Å². The van der Waals surface area contributed by atoms with Gasteiger partial charge in [-0.25, -0.2) is 4.79 Å². The predicted molar refractivity (Wildman–Crippen MR) is 218 cm³/mol. The molecule has 6 aromatic rings. The van der Waals surface area contributed by atoms with E-state index in [1.54, 1.807) is 12.1 Å². The van der Waals surface area contributed by atoms with Crippen molar-refractivity contribution in [3.8, 4) is 16.9 Å². The molecule has 0 aliphatic carbocycles. The SMILES string of the molecule is F.F.O=C(Nc1cc(CCCCn2ccc3cc(CNC[C@H](O)c4ccc(O)c5[nH]c(=O)ccc45)ccc32)ccc1-c1ccccc1)O[C@H]1CN2CCC1CC2. The number of aromatic hydroxyl groups is 1. The highest BCUT2D eigenvalue weighted by atomic mass is 19.0. The summed E-state index contributed by atoms with van der Waals surface area (Å²) in [4.78, 5) is 30.0. The summed E-state index contributed by atoms with van der Waals surface area (Å²) in [5, 5.41) is 29.3. The number of carbonyl (C=O) groups is 1. The fourth-order valence-electron chi connectivity index (χ4n) is 8.22. The van der Waals surface area contributed by atoms with E-state index in [0.717, 1.165) is 80.7 Å². The molecule has 10 nitrogen and oxygen atoms in total. The molecule has 3 saturated heterocycles. The number of benzene rings is 4. The molecule has 12 heteroatoms. The Morgan fingerprint density at radius 2 is 1.71 bits per heavy atom. The van der Waals surface area contributed by atoms with E-state index in [2.05, 4.69) is 85.9 Å². The van der Waals surface area contributed by atoms with Gasteiger partial charge in [-0.2, -0.15) is 0 Å². The Kier molecular flexibility index (Phi) is 12.8. The van der Waals surface area contributed by atoms with Gasteiger partial charge in [0.1, 0.15) is 11.9 Å². The highest BCUT2D eigenvalue weighted by molar-refractivity contribution is 5.92. The van der Waals surface area contributed by atoms with E-state index >= 15 is 0 Å². The number of aryl methyl sites for hydroxylation is 2. The number of nitrogens with zero attached hydrogens (tertiary/aromatic N) is 2. The first-order chi connectivity index (χ1) is 26.4.